The number of anilines is 1. The van der Waals surface area contributed by atoms with Gasteiger partial charge in [-0.25, -0.2) is 18.2 Å². The lowest BCUT2D eigenvalue weighted by atomic mass is 9.95. The maximum Gasteiger partial charge on any atom is 0.349 e. The first-order valence-corrected chi connectivity index (χ1v) is 13.6. The molecule has 2 radical (unpaired) electrons. The van der Waals surface area contributed by atoms with Gasteiger partial charge in [-0.2, -0.15) is 13.9 Å². The zero-order valence-corrected chi connectivity index (χ0v) is 21.1. The second-order valence-electron chi connectivity index (χ2n) is 8.42. The third-order valence-electron chi connectivity index (χ3n) is 6.14. The molecule has 1 unspecified atom stereocenters. The van der Waals surface area contributed by atoms with Crippen molar-refractivity contribution in [3.8, 4) is 0 Å². The number of fused-ring (bicyclic) bond motifs is 1. The van der Waals surface area contributed by atoms with Gasteiger partial charge in [0.25, 0.3) is 0 Å². The first-order valence-electron chi connectivity index (χ1n) is 11.3. The minimum atomic E-state index is -3.89. The summed E-state index contributed by atoms with van der Waals surface area (Å²) >= 11 is 1.05. The number of sulfonamides is 1. The standard InChI is InChI=1S/C23H23BN6O4S2/c1-34-23(31)21-19(6-9-35-21)36(32,33)29-8-3-5-16(14-29)18-10-20(26-12-15-4-2-7-25-11-15)30-22(28-18)17(24)13-27-30/h2,4,6-7,9-11,13,16,26H,3,5,8,12,14H2,1H3. The van der Waals surface area contributed by atoms with Crippen molar-refractivity contribution in [1.29, 1.82) is 0 Å². The number of thiophene rings is 1. The molecule has 0 spiro atoms. The van der Waals surface area contributed by atoms with Gasteiger partial charge >= 0.3 is 5.97 Å². The van der Waals surface area contributed by atoms with Crippen LogP contribution in [0.5, 0.6) is 0 Å². The summed E-state index contributed by atoms with van der Waals surface area (Å²) in [5.41, 5.74) is 2.66. The highest BCUT2D eigenvalue weighted by molar-refractivity contribution is 7.89. The van der Waals surface area contributed by atoms with Crippen LogP contribution in [0.25, 0.3) is 5.65 Å². The lowest BCUT2D eigenvalue weighted by Crippen LogP contribution is -2.39. The number of aromatic nitrogens is 4. The number of hydrogen-bond donors (Lipinski definition) is 1. The lowest BCUT2D eigenvalue weighted by molar-refractivity contribution is 0.0602. The van der Waals surface area contributed by atoms with Gasteiger partial charge in [-0.1, -0.05) is 6.07 Å². The summed E-state index contributed by atoms with van der Waals surface area (Å²) in [4.78, 5) is 21.0. The molecule has 13 heteroatoms. The Morgan fingerprint density at radius 3 is 2.97 bits per heavy atom. The van der Waals surface area contributed by atoms with Gasteiger partial charge in [-0.05, 0) is 41.4 Å². The van der Waals surface area contributed by atoms with Gasteiger partial charge in [-0.3, -0.25) is 4.98 Å². The predicted octanol–water partition coefficient (Wildman–Crippen LogP) is 1.95. The average molecular weight is 522 g/mol. The fourth-order valence-electron chi connectivity index (χ4n) is 4.31. The molecule has 0 bridgehead atoms. The van der Waals surface area contributed by atoms with Crippen molar-refractivity contribution in [3.05, 3.63) is 64.4 Å². The molecule has 1 fully saturated rings. The smallest absolute Gasteiger partial charge is 0.349 e. The number of carbonyl (C=O) groups excluding carboxylic acids is 1. The number of nitrogens with one attached hydrogen (secondary N) is 1. The zero-order chi connectivity index (χ0) is 25.3. The third-order valence-corrected chi connectivity index (χ3v) is 9.07. The van der Waals surface area contributed by atoms with Crippen molar-refractivity contribution in [2.75, 3.05) is 25.5 Å². The monoisotopic (exact) mass is 522 g/mol. The van der Waals surface area contributed by atoms with E-state index in [0.717, 1.165) is 29.0 Å². The van der Waals surface area contributed by atoms with Crippen LogP contribution >= 0.6 is 11.3 Å². The highest BCUT2D eigenvalue weighted by atomic mass is 32.2. The Kier molecular flexibility index (Phi) is 6.78. The molecular formula is C23H23BN6O4S2. The summed E-state index contributed by atoms with van der Waals surface area (Å²) in [6, 6.07) is 7.18. The molecule has 0 amide bonds. The van der Waals surface area contributed by atoms with Gasteiger partial charge in [0.2, 0.25) is 10.0 Å². The van der Waals surface area contributed by atoms with Crippen LogP contribution in [0, 0.1) is 0 Å². The molecule has 4 aromatic heterocycles. The summed E-state index contributed by atoms with van der Waals surface area (Å²) in [6.07, 6.45) is 6.46. The van der Waals surface area contributed by atoms with Gasteiger partial charge in [0.05, 0.1) is 12.8 Å². The van der Waals surface area contributed by atoms with Crippen LogP contribution in [0.1, 0.15) is 39.7 Å². The van der Waals surface area contributed by atoms with E-state index in [9.17, 15) is 13.2 Å². The normalized spacial score (nSPS) is 16.8. The van der Waals surface area contributed by atoms with E-state index in [1.807, 2.05) is 18.2 Å². The SMILES string of the molecule is [B]c1cnn2c(NCc3cccnc3)cc(C3CCCN(S(=O)(=O)c4ccsc4C(=O)OC)C3)nc12. The largest absolute Gasteiger partial charge is 0.465 e. The number of carbonyl (C=O) groups is 1. The van der Waals surface area contributed by atoms with Crippen LogP contribution < -0.4 is 10.8 Å². The molecule has 1 aliphatic rings. The molecule has 5 heterocycles. The third kappa shape index (κ3) is 4.61. The van der Waals surface area contributed by atoms with Crippen LogP contribution in [0.2, 0.25) is 0 Å². The molecule has 1 N–H and O–H groups in total. The lowest BCUT2D eigenvalue weighted by Gasteiger charge is -2.31. The van der Waals surface area contributed by atoms with Crippen molar-refractivity contribution in [1.82, 2.24) is 23.9 Å². The topological polar surface area (TPSA) is 119 Å². The van der Waals surface area contributed by atoms with E-state index >= 15 is 0 Å². The maximum atomic E-state index is 13.5. The van der Waals surface area contributed by atoms with Crippen LogP contribution in [0.3, 0.4) is 0 Å². The van der Waals surface area contributed by atoms with Crippen LogP contribution in [-0.2, 0) is 21.3 Å². The summed E-state index contributed by atoms with van der Waals surface area (Å²) in [5, 5.41) is 9.29. The van der Waals surface area contributed by atoms with Crippen molar-refractivity contribution in [2.45, 2.75) is 30.2 Å². The Morgan fingerprint density at radius 2 is 2.19 bits per heavy atom. The van der Waals surface area contributed by atoms with Crippen molar-refractivity contribution in [2.24, 2.45) is 0 Å². The Balaban J connectivity index is 1.44. The number of hydrogen-bond acceptors (Lipinski definition) is 9. The summed E-state index contributed by atoms with van der Waals surface area (Å²) in [7, 11) is 3.48. The molecule has 1 saturated heterocycles. The quantitative estimate of drug-likeness (QED) is 0.289. The minimum Gasteiger partial charge on any atom is -0.465 e. The summed E-state index contributed by atoms with van der Waals surface area (Å²) in [5.74, 6) is -0.127. The number of methoxy groups -OCH3 is 1. The van der Waals surface area contributed by atoms with Gasteiger partial charge in [-0.15, -0.1) is 11.3 Å². The van der Waals surface area contributed by atoms with E-state index in [-0.39, 0.29) is 22.2 Å². The molecule has 10 nitrogen and oxygen atoms in total. The molecule has 0 aliphatic carbocycles. The maximum absolute atomic E-state index is 13.5. The molecule has 0 saturated carbocycles. The van der Waals surface area contributed by atoms with E-state index < -0.39 is 16.0 Å². The van der Waals surface area contributed by atoms with Crippen LogP contribution in [0.15, 0.2) is 53.1 Å². The first kappa shape index (κ1) is 24.4. The molecule has 5 rings (SSSR count). The minimum absolute atomic E-state index is 0.0257. The average Bonchev–Trinajstić information content (AvgIpc) is 3.55. The molecule has 36 heavy (non-hydrogen) atoms. The van der Waals surface area contributed by atoms with Gasteiger partial charge in [0.1, 0.15) is 23.4 Å². The molecule has 4 aromatic rings. The van der Waals surface area contributed by atoms with Crippen LogP contribution in [-0.4, -0.2) is 66.3 Å². The predicted molar refractivity (Wildman–Crippen MR) is 136 cm³/mol. The number of esters is 1. The highest BCUT2D eigenvalue weighted by Crippen LogP contribution is 2.33. The first-order chi connectivity index (χ1) is 17.4. The Labute approximate surface area is 213 Å². The number of pyridine rings is 1. The number of rotatable bonds is 7. The summed E-state index contributed by atoms with van der Waals surface area (Å²) < 4.78 is 34.8. The zero-order valence-electron chi connectivity index (χ0n) is 19.5. The summed E-state index contributed by atoms with van der Waals surface area (Å²) in [6.45, 7) is 1.11. The van der Waals surface area contributed by atoms with Gasteiger partial charge < -0.3 is 10.1 Å². The van der Waals surface area contributed by atoms with E-state index in [0.29, 0.717) is 36.4 Å². The van der Waals surface area contributed by atoms with Crippen molar-refractivity contribution < 1.29 is 17.9 Å². The van der Waals surface area contributed by atoms with E-state index in [4.69, 9.17) is 17.6 Å². The Bertz CT molecular complexity index is 1510. The molecule has 184 valence electrons. The fraction of sp³-hybridized carbons (Fsp3) is 0.304. The Morgan fingerprint density at radius 1 is 1.33 bits per heavy atom. The number of ether oxygens (including phenoxy) is 1. The number of nitrogens with zero attached hydrogens (tertiary/aromatic N) is 5. The Hall–Kier alpha value is -3.29. The number of piperidine rings is 1. The second kappa shape index (κ2) is 9.99. The molecule has 1 atom stereocenters. The second-order valence-corrected chi connectivity index (χ2v) is 11.2. The fourth-order valence-corrected chi connectivity index (χ4v) is 7.14. The highest BCUT2D eigenvalue weighted by Gasteiger charge is 2.35. The van der Waals surface area contributed by atoms with Crippen LogP contribution in [0.4, 0.5) is 5.82 Å². The van der Waals surface area contributed by atoms with E-state index in [2.05, 4.69) is 15.4 Å². The molecule has 0 aromatic carbocycles. The van der Waals surface area contributed by atoms with Crippen molar-refractivity contribution >= 4 is 52.1 Å². The van der Waals surface area contributed by atoms with Gasteiger partial charge in [0, 0.05) is 50.2 Å². The van der Waals surface area contributed by atoms with Gasteiger partial charge in [0.15, 0.2) is 5.65 Å². The van der Waals surface area contributed by atoms with E-state index in [1.165, 1.54) is 17.5 Å². The molecule has 1 aliphatic heterocycles. The van der Waals surface area contributed by atoms with Crippen molar-refractivity contribution in [3.63, 3.8) is 0 Å². The van der Waals surface area contributed by atoms with E-state index in [1.54, 1.807) is 28.5 Å². The molecular weight excluding hydrogens is 499 g/mol.